The number of allylic oxidation sites excluding steroid dienone is 5. The third kappa shape index (κ3) is 5.74. The molecule has 1 aliphatic carbocycles. The van der Waals surface area contributed by atoms with Crippen molar-refractivity contribution in [2.24, 2.45) is 11.8 Å². The number of benzene rings is 3. The highest BCUT2D eigenvalue weighted by molar-refractivity contribution is 6.31. The van der Waals surface area contributed by atoms with E-state index in [1.165, 1.54) is 0 Å². The lowest BCUT2D eigenvalue weighted by Crippen LogP contribution is -2.26. The van der Waals surface area contributed by atoms with Crippen LogP contribution in [0.5, 0.6) is 5.75 Å². The minimum Gasteiger partial charge on any atom is -0.510 e. The Hall–Kier alpha value is -3.70. The molecule has 1 unspecified atom stereocenters. The zero-order chi connectivity index (χ0) is 25.8. The lowest BCUT2D eigenvalue weighted by atomic mass is 9.98. The average molecular weight is 504 g/mol. The van der Waals surface area contributed by atoms with Crippen molar-refractivity contribution in [2.75, 3.05) is 6.61 Å². The van der Waals surface area contributed by atoms with E-state index in [2.05, 4.69) is 12.2 Å². The first kappa shape index (κ1) is 25.4. The summed E-state index contributed by atoms with van der Waals surface area (Å²) in [5, 5.41) is 25.7. The Kier molecular flexibility index (Phi) is 7.70. The van der Waals surface area contributed by atoms with Crippen LogP contribution in [0, 0.1) is 11.8 Å². The number of ether oxygens (including phenoxy) is 1. The van der Waals surface area contributed by atoms with Crippen molar-refractivity contribution in [2.45, 2.75) is 27.2 Å². The van der Waals surface area contributed by atoms with Gasteiger partial charge in [-0.2, -0.15) is 0 Å². The first-order valence-electron chi connectivity index (χ1n) is 12.0. The SMILES string of the molecule is CC1CC=CC(Cl)=C1N/C(COc1ccc(-c2ccc3cc(C(=O)O)ccc3c2)cc1)=C(\O)C(C)C. The normalized spacial score (nSPS) is 16.3. The first-order chi connectivity index (χ1) is 17.2. The second-order valence-corrected chi connectivity index (χ2v) is 9.75. The topological polar surface area (TPSA) is 78.8 Å². The molecule has 0 aromatic heterocycles. The Morgan fingerprint density at radius 3 is 2.36 bits per heavy atom. The van der Waals surface area contributed by atoms with E-state index in [0.29, 0.717) is 16.5 Å². The summed E-state index contributed by atoms with van der Waals surface area (Å²) >= 11 is 6.42. The lowest BCUT2D eigenvalue weighted by Gasteiger charge is -2.24. The van der Waals surface area contributed by atoms with Gasteiger partial charge >= 0.3 is 5.97 Å². The molecule has 0 heterocycles. The fourth-order valence-electron chi connectivity index (χ4n) is 4.14. The second kappa shape index (κ2) is 10.9. The standard InChI is InChI=1S/C30H30ClNO4/c1-18(2)29(33)27(32-28-19(3)5-4-6-26(28)31)17-36-25-13-11-20(12-14-25)21-7-8-23-16-24(30(34)35)10-9-22(23)15-21/h4,6-16,18-19,32-33H,5,17H2,1-3H3,(H,34,35)/b29-27-. The van der Waals surface area contributed by atoms with Crippen LogP contribution >= 0.6 is 11.6 Å². The quantitative estimate of drug-likeness (QED) is 0.275. The molecule has 1 atom stereocenters. The number of aromatic carboxylic acids is 1. The number of carbonyl (C=O) groups is 1. The van der Waals surface area contributed by atoms with Gasteiger partial charge in [0.25, 0.3) is 0 Å². The van der Waals surface area contributed by atoms with Crippen molar-refractivity contribution in [1.29, 1.82) is 0 Å². The van der Waals surface area contributed by atoms with Crippen molar-refractivity contribution in [3.63, 3.8) is 0 Å². The number of aliphatic hydroxyl groups excluding tert-OH is 1. The van der Waals surface area contributed by atoms with Gasteiger partial charge in [-0.1, -0.05) is 68.8 Å². The smallest absolute Gasteiger partial charge is 0.335 e. The molecule has 0 spiro atoms. The highest BCUT2D eigenvalue weighted by atomic mass is 35.5. The van der Waals surface area contributed by atoms with E-state index < -0.39 is 5.97 Å². The van der Waals surface area contributed by atoms with Gasteiger partial charge in [0.2, 0.25) is 0 Å². The van der Waals surface area contributed by atoms with Crippen LogP contribution in [-0.2, 0) is 0 Å². The Bertz CT molecular complexity index is 1370. The number of aliphatic hydroxyl groups is 1. The number of carboxylic acid groups (broad SMARTS) is 1. The van der Waals surface area contributed by atoms with Gasteiger partial charge in [-0.3, -0.25) is 0 Å². The van der Waals surface area contributed by atoms with Crippen LogP contribution in [0.25, 0.3) is 21.9 Å². The van der Waals surface area contributed by atoms with Crippen LogP contribution in [0.15, 0.2) is 95.0 Å². The summed E-state index contributed by atoms with van der Waals surface area (Å²) in [6.45, 7) is 6.13. The second-order valence-electron chi connectivity index (χ2n) is 9.34. The molecule has 186 valence electrons. The molecule has 0 saturated carbocycles. The van der Waals surface area contributed by atoms with Crippen molar-refractivity contribution in [3.8, 4) is 16.9 Å². The zero-order valence-corrected chi connectivity index (χ0v) is 21.3. The molecule has 5 nitrogen and oxygen atoms in total. The molecular formula is C30H30ClNO4. The van der Waals surface area contributed by atoms with E-state index in [1.54, 1.807) is 12.1 Å². The zero-order valence-electron chi connectivity index (χ0n) is 20.6. The summed E-state index contributed by atoms with van der Waals surface area (Å²) in [5.41, 5.74) is 3.80. The fraction of sp³-hybridized carbons (Fsp3) is 0.233. The molecule has 4 rings (SSSR count). The summed E-state index contributed by atoms with van der Waals surface area (Å²) in [6, 6.07) is 18.8. The molecule has 1 aliphatic rings. The number of hydrogen-bond donors (Lipinski definition) is 3. The van der Waals surface area contributed by atoms with Crippen LogP contribution in [0.4, 0.5) is 0 Å². The number of halogens is 1. The third-order valence-corrected chi connectivity index (χ3v) is 6.63. The van der Waals surface area contributed by atoms with E-state index in [4.69, 9.17) is 16.3 Å². The number of hydrogen-bond acceptors (Lipinski definition) is 4. The summed E-state index contributed by atoms with van der Waals surface area (Å²) in [5.74, 6) is 0.142. The number of rotatable bonds is 8. The predicted molar refractivity (Wildman–Crippen MR) is 145 cm³/mol. The van der Waals surface area contributed by atoms with E-state index in [1.807, 2.05) is 74.5 Å². The van der Waals surface area contributed by atoms with E-state index in [-0.39, 0.29) is 29.8 Å². The monoisotopic (exact) mass is 503 g/mol. The fourth-order valence-corrected chi connectivity index (χ4v) is 4.47. The molecular weight excluding hydrogens is 474 g/mol. The minimum atomic E-state index is -0.934. The first-order valence-corrected chi connectivity index (χ1v) is 12.4. The molecule has 3 aromatic rings. The molecule has 3 aromatic carbocycles. The molecule has 3 N–H and O–H groups in total. The summed E-state index contributed by atoms with van der Waals surface area (Å²) in [7, 11) is 0. The van der Waals surface area contributed by atoms with Gasteiger partial charge in [-0.05, 0) is 64.7 Å². The molecule has 0 amide bonds. The molecule has 0 saturated heterocycles. The average Bonchev–Trinajstić information content (AvgIpc) is 2.87. The molecule has 0 aliphatic heterocycles. The third-order valence-electron chi connectivity index (χ3n) is 6.30. The predicted octanol–water partition coefficient (Wildman–Crippen LogP) is 7.65. The largest absolute Gasteiger partial charge is 0.510 e. The van der Waals surface area contributed by atoms with Crippen molar-refractivity contribution in [1.82, 2.24) is 5.32 Å². The van der Waals surface area contributed by atoms with Gasteiger partial charge < -0.3 is 20.3 Å². The van der Waals surface area contributed by atoms with Crippen LogP contribution < -0.4 is 10.1 Å². The lowest BCUT2D eigenvalue weighted by molar-refractivity contribution is 0.0697. The minimum absolute atomic E-state index is 0.0632. The Morgan fingerprint density at radius 2 is 1.69 bits per heavy atom. The van der Waals surface area contributed by atoms with Crippen LogP contribution in [0.3, 0.4) is 0 Å². The maximum atomic E-state index is 11.2. The molecule has 6 heteroatoms. The van der Waals surface area contributed by atoms with Gasteiger partial charge in [-0.15, -0.1) is 0 Å². The highest BCUT2D eigenvalue weighted by Crippen LogP contribution is 2.29. The van der Waals surface area contributed by atoms with Crippen LogP contribution in [0.2, 0.25) is 0 Å². The number of fused-ring (bicyclic) bond motifs is 1. The van der Waals surface area contributed by atoms with E-state index in [9.17, 15) is 15.0 Å². The summed E-state index contributed by atoms with van der Waals surface area (Å²) in [4.78, 5) is 11.2. The van der Waals surface area contributed by atoms with Crippen LogP contribution in [0.1, 0.15) is 37.6 Å². The van der Waals surface area contributed by atoms with Crippen molar-refractivity contribution >= 4 is 28.3 Å². The van der Waals surface area contributed by atoms with Gasteiger partial charge in [0.05, 0.1) is 16.3 Å². The van der Waals surface area contributed by atoms with Gasteiger partial charge in [-0.25, -0.2) is 4.79 Å². The van der Waals surface area contributed by atoms with Gasteiger partial charge in [0.15, 0.2) is 0 Å². The van der Waals surface area contributed by atoms with E-state index in [0.717, 1.165) is 34.0 Å². The van der Waals surface area contributed by atoms with E-state index >= 15 is 0 Å². The number of nitrogens with one attached hydrogen (secondary N) is 1. The summed E-state index contributed by atoms with van der Waals surface area (Å²) < 4.78 is 6.03. The Morgan fingerprint density at radius 1 is 1.03 bits per heavy atom. The Labute approximate surface area is 216 Å². The molecule has 0 fully saturated rings. The maximum absolute atomic E-state index is 11.2. The van der Waals surface area contributed by atoms with Crippen molar-refractivity contribution in [3.05, 3.63) is 101 Å². The number of carboxylic acids is 1. The van der Waals surface area contributed by atoms with Gasteiger partial charge in [0.1, 0.15) is 18.1 Å². The summed E-state index contributed by atoms with van der Waals surface area (Å²) in [6.07, 6.45) is 4.81. The van der Waals surface area contributed by atoms with Gasteiger partial charge in [0, 0.05) is 17.5 Å². The molecule has 0 bridgehead atoms. The highest BCUT2D eigenvalue weighted by Gasteiger charge is 2.19. The molecule has 36 heavy (non-hydrogen) atoms. The van der Waals surface area contributed by atoms with Crippen LogP contribution in [-0.4, -0.2) is 22.8 Å². The maximum Gasteiger partial charge on any atom is 0.335 e. The molecule has 0 radical (unpaired) electrons. The Balaban J connectivity index is 1.50. The van der Waals surface area contributed by atoms with Crippen molar-refractivity contribution < 1.29 is 19.7 Å².